The van der Waals surface area contributed by atoms with E-state index in [-0.39, 0.29) is 12.2 Å². The van der Waals surface area contributed by atoms with Gasteiger partial charge in [0.15, 0.2) is 0 Å². The topological polar surface area (TPSA) is 63.6 Å². The van der Waals surface area contributed by atoms with Crippen LogP contribution in [0.5, 0.6) is 0 Å². The van der Waals surface area contributed by atoms with Crippen LogP contribution < -0.4 is 0 Å². The fourth-order valence-electron chi connectivity index (χ4n) is 2.21. The first-order chi connectivity index (χ1) is 5.74. The van der Waals surface area contributed by atoms with Crippen molar-refractivity contribution in [1.82, 2.24) is 0 Å². The van der Waals surface area contributed by atoms with E-state index in [1.165, 1.54) is 0 Å². The maximum Gasteiger partial charge on any atom is 0.309 e. The summed E-state index contributed by atoms with van der Waals surface area (Å²) >= 11 is 0. The highest BCUT2D eigenvalue weighted by molar-refractivity contribution is 5.77. The molecule has 2 aliphatic heterocycles. The molecule has 0 amide bonds. The number of carbonyl (C=O) groups excluding carboxylic acids is 1. The van der Waals surface area contributed by atoms with Crippen LogP contribution in [-0.4, -0.2) is 29.6 Å². The lowest BCUT2D eigenvalue weighted by molar-refractivity contribution is -0.145. The Bertz CT molecular complexity index is 225. The van der Waals surface area contributed by atoms with Gasteiger partial charge in [0.05, 0.1) is 24.0 Å². The summed E-state index contributed by atoms with van der Waals surface area (Å²) in [5.74, 6) is -1.92. The highest BCUT2D eigenvalue weighted by atomic mass is 16.5. The second-order valence-corrected chi connectivity index (χ2v) is 3.37. The maximum atomic E-state index is 10.7. The Morgan fingerprint density at radius 2 is 2.08 bits per heavy atom. The third-order valence-corrected chi connectivity index (χ3v) is 2.77. The van der Waals surface area contributed by atoms with Crippen molar-refractivity contribution in [1.29, 1.82) is 0 Å². The van der Waals surface area contributed by atoms with Crippen molar-refractivity contribution < 1.29 is 19.4 Å². The van der Waals surface area contributed by atoms with E-state index < -0.39 is 17.8 Å². The zero-order valence-corrected chi connectivity index (χ0v) is 6.47. The van der Waals surface area contributed by atoms with Crippen LogP contribution in [0.15, 0.2) is 0 Å². The molecule has 0 saturated carbocycles. The molecule has 0 aromatic carbocycles. The van der Waals surface area contributed by atoms with Gasteiger partial charge in [0.2, 0.25) is 0 Å². The Hall–Kier alpha value is -0.900. The molecule has 0 radical (unpaired) electrons. The molecule has 66 valence electrons. The van der Waals surface area contributed by atoms with Crippen LogP contribution in [0, 0.1) is 11.8 Å². The van der Waals surface area contributed by atoms with Crippen molar-refractivity contribution in [3.63, 3.8) is 0 Å². The molecular weight excluding hydrogens is 160 g/mol. The molecule has 4 nitrogen and oxygen atoms in total. The van der Waals surface area contributed by atoms with E-state index in [0.29, 0.717) is 0 Å². The molecule has 0 aliphatic carbocycles. The van der Waals surface area contributed by atoms with Crippen LogP contribution in [0.25, 0.3) is 0 Å². The van der Waals surface area contributed by atoms with Gasteiger partial charge >= 0.3 is 5.97 Å². The lowest BCUT2D eigenvalue weighted by Crippen LogP contribution is -2.34. The number of aldehydes is 1. The lowest BCUT2D eigenvalue weighted by atomic mass is 9.80. The Morgan fingerprint density at radius 3 is 2.58 bits per heavy atom. The number of hydrogen-bond donors (Lipinski definition) is 1. The quantitative estimate of drug-likeness (QED) is 0.595. The summed E-state index contributed by atoms with van der Waals surface area (Å²) in [7, 11) is 0. The normalized spacial score (nSPS) is 44.7. The number of ether oxygens (including phenoxy) is 1. The maximum absolute atomic E-state index is 10.7. The molecule has 4 atom stereocenters. The highest BCUT2D eigenvalue weighted by Gasteiger charge is 2.52. The number of carbonyl (C=O) groups is 2. The summed E-state index contributed by atoms with van der Waals surface area (Å²) in [6.45, 7) is 0. The summed E-state index contributed by atoms with van der Waals surface area (Å²) < 4.78 is 5.34. The summed E-state index contributed by atoms with van der Waals surface area (Å²) in [6, 6.07) is 0. The fourth-order valence-corrected chi connectivity index (χ4v) is 2.21. The monoisotopic (exact) mass is 170 g/mol. The van der Waals surface area contributed by atoms with Gasteiger partial charge in [0.25, 0.3) is 0 Å². The van der Waals surface area contributed by atoms with Gasteiger partial charge in [-0.25, -0.2) is 0 Å². The number of hydrogen-bond acceptors (Lipinski definition) is 3. The number of carboxylic acid groups (broad SMARTS) is 1. The molecule has 2 rings (SSSR count). The Kier molecular flexibility index (Phi) is 1.65. The summed E-state index contributed by atoms with van der Waals surface area (Å²) in [4.78, 5) is 21.3. The van der Waals surface area contributed by atoms with E-state index in [4.69, 9.17) is 9.84 Å². The number of rotatable bonds is 2. The smallest absolute Gasteiger partial charge is 0.309 e. The van der Waals surface area contributed by atoms with Gasteiger partial charge in [-0.05, 0) is 12.8 Å². The van der Waals surface area contributed by atoms with E-state index in [1.807, 2.05) is 0 Å². The predicted molar refractivity (Wildman–Crippen MR) is 38.6 cm³/mol. The minimum atomic E-state index is -0.903. The van der Waals surface area contributed by atoms with Gasteiger partial charge in [-0.2, -0.15) is 0 Å². The molecule has 0 aromatic heterocycles. The molecule has 2 saturated heterocycles. The largest absolute Gasteiger partial charge is 0.481 e. The molecule has 0 aromatic rings. The first-order valence-electron chi connectivity index (χ1n) is 4.07. The van der Waals surface area contributed by atoms with Crippen molar-refractivity contribution in [2.45, 2.75) is 25.0 Å². The van der Waals surface area contributed by atoms with Gasteiger partial charge in [-0.3, -0.25) is 4.79 Å². The standard InChI is InChI=1S/C8H10O4/c9-3-4-5-1-2-6(12-5)7(4)8(10)11/h3-7H,1-2H2,(H,10,11)/t4?,5-,6+,7?/m1/s1. The molecule has 0 spiro atoms. The van der Waals surface area contributed by atoms with E-state index in [9.17, 15) is 9.59 Å². The van der Waals surface area contributed by atoms with Crippen LogP contribution in [0.3, 0.4) is 0 Å². The fraction of sp³-hybridized carbons (Fsp3) is 0.750. The zero-order valence-electron chi connectivity index (χ0n) is 6.47. The number of fused-ring (bicyclic) bond motifs is 2. The van der Waals surface area contributed by atoms with Crippen LogP contribution in [0.2, 0.25) is 0 Å². The Labute approximate surface area is 69.5 Å². The van der Waals surface area contributed by atoms with Gasteiger partial charge < -0.3 is 14.6 Å². The van der Waals surface area contributed by atoms with Crippen molar-refractivity contribution in [2.24, 2.45) is 11.8 Å². The zero-order chi connectivity index (χ0) is 8.72. The van der Waals surface area contributed by atoms with Crippen molar-refractivity contribution >= 4 is 12.3 Å². The first kappa shape index (κ1) is 7.73. The third-order valence-electron chi connectivity index (χ3n) is 2.77. The SMILES string of the molecule is O=CC1C(C(=O)O)[C@@H]2CC[C@H]1O2. The number of carboxylic acids is 1. The molecule has 1 N–H and O–H groups in total. The molecule has 12 heavy (non-hydrogen) atoms. The van der Waals surface area contributed by atoms with Gasteiger partial charge in [0.1, 0.15) is 6.29 Å². The second kappa shape index (κ2) is 2.55. The molecule has 2 bridgehead atoms. The van der Waals surface area contributed by atoms with Crippen LogP contribution in [0.1, 0.15) is 12.8 Å². The predicted octanol–water partition coefficient (Wildman–Crippen LogP) is 0.0635. The third kappa shape index (κ3) is 0.876. The van der Waals surface area contributed by atoms with E-state index in [0.717, 1.165) is 19.1 Å². The van der Waals surface area contributed by atoms with Crippen LogP contribution >= 0.6 is 0 Å². The van der Waals surface area contributed by atoms with E-state index in [2.05, 4.69) is 0 Å². The second-order valence-electron chi connectivity index (χ2n) is 3.37. The summed E-state index contributed by atoms with van der Waals surface area (Å²) in [6.07, 6.45) is 1.99. The summed E-state index contributed by atoms with van der Waals surface area (Å²) in [5, 5.41) is 8.80. The molecule has 2 fully saturated rings. The Morgan fingerprint density at radius 1 is 1.42 bits per heavy atom. The van der Waals surface area contributed by atoms with Crippen LogP contribution in [-0.2, 0) is 14.3 Å². The highest BCUT2D eigenvalue weighted by Crippen LogP contribution is 2.42. The minimum Gasteiger partial charge on any atom is -0.481 e. The van der Waals surface area contributed by atoms with E-state index in [1.54, 1.807) is 0 Å². The molecule has 4 heteroatoms. The van der Waals surface area contributed by atoms with Gasteiger partial charge in [0, 0.05) is 0 Å². The van der Waals surface area contributed by atoms with Crippen molar-refractivity contribution in [2.75, 3.05) is 0 Å². The average Bonchev–Trinajstić information content (AvgIpc) is 2.60. The molecule has 2 aliphatic rings. The Balaban J connectivity index is 2.21. The minimum absolute atomic E-state index is 0.131. The first-order valence-corrected chi connectivity index (χ1v) is 4.07. The molecular formula is C8H10O4. The van der Waals surface area contributed by atoms with E-state index >= 15 is 0 Å². The lowest BCUT2D eigenvalue weighted by Gasteiger charge is -2.19. The molecule has 2 heterocycles. The number of aliphatic carboxylic acids is 1. The van der Waals surface area contributed by atoms with Crippen molar-refractivity contribution in [3.05, 3.63) is 0 Å². The van der Waals surface area contributed by atoms with Gasteiger partial charge in [-0.15, -0.1) is 0 Å². The summed E-state index contributed by atoms with van der Waals surface area (Å²) in [5.41, 5.74) is 0. The van der Waals surface area contributed by atoms with Gasteiger partial charge in [-0.1, -0.05) is 0 Å². The molecule has 2 unspecified atom stereocenters. The van der Waals surface area contributed by atoms with Crippen molar-refractivity contribution in [3.8, 4) is 0 Å². The average molecular weight is 170 g/mol. The van der Waals surface area contributed by atoms with Crippen LogP contribution in [0.4, 0.5) is 0 Å².